The van der Waals surface area contributed by atoms with Crippen LogP contribution in [0, 0.1) is 12.8 Å². The molecule has 0 heterocycles. The summed E-state index contributed by atoms with van der Waals surface area (Å²) in [5.74, 6) is -0.509. The van der Waals surface area contributed by atoms with Gasteiger partial charge >= 0.3 is 34.5 Å². The summed E-state index contributed by atoms with van der Waals surface area (Å²) in [6, 6.07) is 0. The first-order valence-electron chi connectivity index (χ1n) is 2.36. The van der Waals surface area contributed by atoms with E-state index in [1.165, 1.54) is 21.9 Å². The van der Waals surface area contributed by atoms with Crippen LogP contribution in [0.25, 0.3) is 0 Å². The van der Waals surface area contributed by atoms with Crippen molar-refractivity contribution in [1.82, 2.24) is 0 Å². The Morgan fingerprint density at radius 1 is 1.78 bits per heavy atom. The average Bonchev–Trinajstić information content (AvgIpc) is 1.91. The monoisotopic (exact) mass is 292 g/mol. The van der Waals surface area contributed by atoms with E-state index in [-0.39, 0.29) is 11.9 Å². The van der Waals surface area contributed by atoms with Crippen LogP contribution in [0.2, 0.25) is 0 Å². The number of hydrogen-bond acceptors (Lipinski definition) is 2. The fourth-order valence-electron chi connectivity index (χ4n) is 0.201. The molecule has 1 unspecified atom stereocenters. The Morgan fingerprint density at radius 2 is 2.11 bits per heavy atom. The van der Waals surface area contributed by atoms with E-state index in [1.807, 2.05) is 0 Å². The normalized spacial score (nSPS) is 10.9. The van der Waals surface area contributed by atoms with E-state index in [9.17, 15) is 4.79 Å². The van der Waals surface area contributed by atoms with Gasteiger partial charge in [0.05, 0.1) is 7.11 Å². The molecule has 0 saturated heterocycles. The standard InChI is InChI=1S/C5H9O2.HI.Zn/c1-4(2)5(6)7-3;;/h4H,1H2,2-3H3;1H;/q-1;;+2/p-1. The molecule has 9 heavy (non-hydrogen) atoms. The van der Waals surface area contributed by atoms with Crippen LogP contribution < -0.4 is 0 Å². The molecule has 0 spiro atoms. The van der Waals surface area contributed by atoms with Gasteiger partial charge in [0.2, 0.25) is 0 Å². The zero-order valence-corrected chi connectivity index (χ0v) is 10.8. The van der Waals surface area contributed by atoms with Gasteiger partial charge in [0.1, 0.15) is 0 Å². The molecule has 4 heteroatoms. The molecule has 0 fully saturated rings. The van der Waals surface area contributed by atoms with Crippen LogP contribution in [-0.2, 0) is 24.3 Å². The number of carbonyl (C=O) groups is 1. The van der Waals surface area contributed by atoms with Crippen molar-refractivity contribution in [3.05, 3.63) is 6.92 Å². The summed E-state index contributed by atoms with van der Waals surface area (Å²) in [5, 5.41) is 0. The van der Waals surface area contributed by atoms with Gasteiger partial charge in [0, 0.05) is 0 Å². The first kappa shape index (κ1) is 12.5. The van der Waals surface area contributed by atoms with Crippen LogP contribution in [0.5, 0.6) is 0 Å². The van der Waals surface area contributed by atoms with Gasteiger partial charge in [-0.1, -0.05) is 12.8 Å². The Morgan fingerprint density at radius 3 is 2.11 bits per heavy atom. The van der Waals surface area contributed by atoms with Crippen LogP contribution in [0.3, 0.4) is 0 Å². The zero-order chi connectivity index (χ0) is 7.86. The fraction of sp³-hybridized carbons (Fsp3) is 0.600. The minimum atomic E-state index is -0.264. The van der Waals surface area contributed by atoms with Gasteiger partial charge < -0.3 is 11.7 Å². The second-order valence-electron chi connectivity index (χ2n) is 1.42. The van der Waals surface area contributed by atoms with Crippen molar-refractivity contribution in [2.45, 2.75) is 6.92 Å². The van der Waals surface area contributed by atoms with E-state index in [4.69, 9.17) is 0 Å². The molecular weight excluding hydrogens is 284 g/mol. The van der Waals surface area contributed by atoms with Crippen LogP contribution in [0.15, 0.2) is 0 Å². The average molecular weight is 293 g/mol. The number of methoxy groups -OCH3 is 1. The Hall–Kier alpha value is 0.823. The summed E-state index contributed by atoms with van der Waals surface area (Å²) in [5.41, 5.74) is 0. The zero-order valence-electron chi connectivity index (χ0n) is 5.69. The quantitative estimate of drug-likeness (QED) is 0.317. The van der Waals surface area contributed by atoms with Crippen molar-refractivity contribution in [2.24, 2.45) is 5.92 Å². The molecular formula is C5H9IO2Zn. The topological polar surface area (TPSA) is 26.3 Å². The Bertz CT molecular complexity index is 75.4. The number of esters is 1. The molecule has 0 bridgehead atoms. The van der Waals surface area contributed by atoms with Crippen molar-refractivity contribution in [3.63, 3.8) is 0 Å². The van der Waals surface area contributed by atoms with Crippen molar-refractivity contribution in [1.29, 1.82) is 0 Å². The molecule has 0 N–H and O–H groups in total. The van der Waals surface area contributed by atoms with E-state index in [2.05, 4.69) is 31.4 Å². The summed E-state index contributed by atoms with van der Waals surface area (Å²) in [7, 11) is 1.35. The SMILES string of the molecule is [CH2-]C(C)C(=O)OC.[Zn+][I]. The van der Waals surface area contributed by atoms with Gasteiger partial charge in [-0.2, -0.15) is 0 Å². The molecule has 0 aromatic carbocycles. The molecule has 0 aromatic heterocycles. The van der Waals surface area contributed by atoms with Crippen molar-refractivity contribution >= 4 is 25.7 Å². The number of halogens is 1. The molecule has 0 aliphatic rings. The number of carbonyl (C=O) groups excluding carboxylic acids is 1. The first-order chi connectivity index (χ1) is 4.18. The third-order valence-electron chi connectivity index (χ3n) is 0.604. The molecule has 0 rings (SSSR count). The maximum atomic E-state index is 10.2. The second-order valence-corrected chi connectivity index (χ2v) is 1.42. The van der Waals surface area contributed by atoms with E-state index in [0.717, 1.165) is 0 Å². The van der Waals surface area contributed by atoms with E-state index in [1.54, 1.807) is 6.92 Å². The molecule has 0 aliphatic heterocycles. The van der Waals surface area contributed by atoms with E-state index in [0.29, 0.717) is 0 Å². The van der Waals surface area contributed by atoms with Crippen LogP contribution >= 0.6 is 19.8 Å². The Balaban J connectivity index is 0. The van der Waals surface area contributed by atoms with Crippen LogP contribution in [0.1, 0.15) is 6.92 Å². The van der Waals surface area contributed by atoms with Crippen LogP contribution in [0.4, 0.5) is 0 Å². The number of rotatable bonds is 1. The Kier molecular flexibility index (Phi) is 12.2. The Labute approximate surface area is 76.6 Å². The van der Waals surface area contributed by atoms with Crippen LogP contribution in [-0.4, -0.2) is 13.1 Å². The molecule has 2 nitrogen and oxygen atoms in total. The van der Waals surface area contributed by atoms with E-state index >= 15 is 0 Å². The first-order valence-corrected chi connectivity index (χ1v) is 11.4. The predicted molar refractivity (Wildman–Crippen MR) is 40.6 cm³/mol. The third kappa shape index (κ3) is 8.82. The van der Waals surface area contributed by atoms with Gasteiger partial charge in [-0.15, -0.1) is 0 Å². The molecule has 1 atom stereocenters. The van der Waals surface area contributed by atoms with Gasteiger partial charge in [-0.25, -0.2) is 0 Å². The molecule has 0 radical (unpaired) electrons. The fourth-order valence-corrected chi connectivity index (χ4v) is 0.201. The van der Waals surface area contributed by atoms with Crippen molar-refractivity contribution < 1.29 is 24.3 Å². The maximum absolute atomic E-state index is 10.2. The van der Waals surface area contributed by atoms with Gasteiger partial charge in [0.15, 0.2) is 0 Å². The molecule has 50 valence electrons. The minimum absolute atomic E-state index is 0.245. The summed E-state index contributed by atoms with van der Waals surface area (Å²) in [6.45, 7) is 5.12. The predicted octanol–water partition coefficient (Wildman–Crippen LogP) is 1.51. The molecule has 0 aromatic rings. The van der Waals surface area contributed by atoms with Gasteiger partial charge in [0.25, 0.3) is 5.97 Å². The number of hydrogen-bond donors (Lipinski definition) is 0. The van der Waals surface area contributed by atoms with Crippen molar-refractivity contribution in [2.75, 3.05) is 7.11 Å². The van der Waals surface area contributed by atoms with Crippen molar-refractivity contribution in [3.8, 4) is 0 Å². The third-order valence-corrected chi connectivity index (χ3v) is 0.604. The summed E-state index contributed by atoms with van der Waals surface area (Å²) >= 11 is 3.62. The van der Waals surface area contributed by atoms with Gasteiger partial charge in [-0.3, -0.25) is 4.79 Å². The molecule has 0 amide bonds. The van der Waals surface area contributed by atoms with Gasteiger partial charge in [-0.05, 0) is 0 Å². The second kappa shape index (κ2) is 8.82. The summed E-state index contributed by atoms with van der Waals surface area (Å²) in [4.78, 5) is 10.2. The number of ether oxygens (including phenoxy) is 1. The summed E-state index contributed by atoms with van der Waals surface area (Å²) < 4.78 is 4.31. The molecule has 0 saturated carbocycles. The van der Waals surface area contributed by atoms with E-state index < -0.39 is 0 Å². The molecule has 0 aliphatic carbocycles. The summed E-state index contributed by atoms with van der Waals surface area (Å²) in [6.07, 6.45) is 0.